The van der Waals surface area contributed by atoms with Crippen LogP contribution in [0.4, 0.5) is 11.4 Å². The van der Waals surface area contributed by atoms with Crippen molar-refractivity contribution in [2.75, 3.05) is 16.3 Å². The summed E-state index contributed by atoms with van der Waals surface area (Å²) in [7, 11) is 0. The predicted molar refractivity (Wildman–Crippen MR) is 101 cm³/mol. The Hall–Kier alpha value is -2.33. The summed E-state index contributed by atoms with van der Waals surface area (Å²) < 4.78 is 0. The van der Waals surface area contributed by atoms with Gasteiger partial charge in [0.15, 0.2) is 0 Å². The Bertz CT molecular complexity index is 806. The zero-order valence-electron chi connectivity index (χ0n) is 14.4. The summed E-state index contributed by atoms with van der Waals surface area (Å²) in [6.07, 6.45) is 1.12. The number of rotatable bonds is 4. The lowest BCUT2D eigenvalue weighted by molar-refractivity contribution is -0.119. The van der Waals surface area contributed by atoms with Crippen molar-refractivity contribution in [1.82, 2.24) is 0 Å². The monoisotopic (exact) mass is 356 g/mol. The fraction of sp³-hybridized carbons (Fsp3) is 0.300. The first-order valence-corrected chi connectivity index (χ1v) is 8.79. The van der Waals surface area contributed by atoms with Gasteiger partial charge in [-0.3, -0.25) is 9.59 Å². The SMILES string of the molecule is CC(=O)N(CCC(=O)N1c2ccccc2CC1C)c1ccccc1Cl. The molecule has 0 radical (unpaired) electrons. The van der Waals surface area contributed by atoms with Crippen LogP contribution >= 0.6 is 11.6 Å². The molecule has 0 saturated carbocycles. The molecule has 25 heavy (non-hydrogen) atoms. The summed E-state index contributed by atoms with van der Waals surface area (Å²) in [5, 5.41) is 0.505. The average molecular weight is 357 g/mol. The summed E-state index contributed by atoms with van der Waals surface area (Å²) in [6, 6.07) is 15.3. The van der Waals surface area contributed by atoms with Crippen molar-refractivity contribution >= 4 is 34.8 Å². The first kappa shape index (κ1) is 17.5. The van der Waals surface area contributed by atoms with E-state index in [1.807, 2.05) is 35.2 Å². The van der Waals surface area contributed by atoms with Crippen LogP contribution in [-0.2, 0) is 16.0 Å². The number of fused-ring (bicyclic) bond motifs is 1. The average Bonchev–Trinajstić information content (AvgIpc) is 2.92. The molecule has 0 saturated heterocycles. The summed E-state index contributed by atoms with van der Waals surface area (Å²) in [4.78, 5) is 28.3. The van der Waals surface area contributed by atoms with Gasteiger partial charge in [0.2, 0.25) is 11.8 Å². The lowest BCUT2D eigenvalue weighted by atomic mass is 10.1. The van der Waals surface area contributed by atoms with Gasteiger partial charge in [-0.25, -0.2) is 0 Å². The Balaban J connectivity index is 1.75. The summed E-state index contributed by atoms with van der Waals surface area (Å²) in [6.45, 7) is 3.85. The molecule has 1 heterocycles. The number of carbonyl (C=O) groups is 2. The standard InChI is InChI=1S/C20H21ClN2O2/c1-14-13-16-7-3-5-9-18(16)23(14)20(25)11-12-22(15(2)24)19-10-6-4-8-17(19)21/h3-10,14H,11-13H2,1-2H3. The molecule has 2 aromatic carbocycles. The van der Waals surface area contributed by atoms with Gasteiger partial charge in [0.1, 0.15) is 0 Å². The molecule has 0 aromatic heterocycles. The predicted octanol–water partition coefficient (Wildman–Crippen LogP) is 4.06. The molecule has 0 fully saturated rings. The van der Waals surface area contributed by atoms with Crippen molar-refractivity contribution in [3.63, 3.8) is 0 Å². The number of benzene rings is 2. The lowest BCUT2D eigenvalue weighted by Gasteiger charge is -2.26. The number of hydrogen-bond donors (Lipinski definition) is 0. The van der Waals surface area contributed by atoms with Crippen LogP contribution < -0.4 is 9.80 Å². The fourth-order valence-corrected chi connectivity index (χ4v) is 3.63. The van der Waals surface area contributed by atoms with E-state index in [1.54, 1.807) is 17.0 Å². The van der Waals surface area contributed by atoms with Gasteiger partial charge in [-0.1, -0.05) is 41.9 Å². The second kappa shape index (κ2) is 7.28. The van der Waals surface area contributed by atoms with Crippen molar-refractivity contribution in [2.24, 2.45) is 0 Å². The lowest BCUT2D eigenvalue weighted by Crippen LogP contribution is -2.39. The van der Waals surface area contributed by atoms with Gasteiger partial charge >= 0.3 is 0 Å². The minimum absolute atomic E-state index is 0.0238. The highest BCUT2D eigenvalue weighted by atomic mass is 35.5. The Morgan fingerprint density at radius 1 is 1.16 bits per heavy atom. The largest absolute Gasteiger partial charge is 0.311 e. The molecule has 3 rings (SSSR count). The molecule has 5 heteroatoms. The van der Waals surface area contributed by atoms with Crippen molar-refractivity contribution in [3.05, 3.63) is 59.1 Å². The molecule has 1 aliphatic heterocycles. The Morgan fingerprint density at radius 2 is 1.84 bits per heavy atom. The maximum absolute atomic E-state index is 12.8. The van der Waals surface area contributed by atoms with Crippen molar-refractivity contribution in [3.8, 4) is 0 Å². The summed E-state index contributed by atoms with van der Waals surface area (Å²) in [5.41, 5.74) is 2.81. The third kappa shape index (κ3) is 3.54. The molecular weight excluding hydrogens is 336 g/mol. The molecule has 0 bridgehead atoms. The highest BCUT2D eigenvalue weighted by Gasteiger charge is 2.30. The molecule has 0 N–H and O–H groups in total. The number of carbonyl (C=O) groups excluding carboxylic acids is 2. The molecule has 1 aliphatic rings. The van der Waals surface area contributed by atoms with Crippen LogP contribution in [-0.4, -0.2) is 24.4 Å². The molecule has 1 unspecified atom stereocenters. The second-order valence-corrected chi connectivity index (χ2v) is 6.72. The third-order valence-electron chi connectivity index (χ3n) is 4.55. The van der Waals surface area contributed by atoms with Crippen LogP contribution in [0, 0.1) is 0 Å². The molecule has 2 amide bonds. The van der Waals surface area contributed by atoms with E-state index in [1.165, 1.54) is 12.5 Å². The minimum atomic E-state index is -0.129. The van der Waals surface area contributed by atoms with Crippen LogP contribution in [0.2, 0.25) is 5.02 Å². The summed E-state index contributed by atoms with van der Waals surface area (Å²) >= 11 is 6.21. The van der Waals surface area contributed by atoms with E-state index < -0.39 is 0 Å². The van der Waals surface area contributed by atoms with Crippen LogP contribution in [0.1, 0.15) is 25.8 Å². The van der Waals surface area contributed by atoms with Gasteiger partial charge in [-0.15, -0.1) is 0 Å². The Labute approximate surface area is 153 Å². The second-order valence-electron chi connectivity index (χ2n) is 6.32. The van der Waals surface area contributed by atoms with Crippen LogP contribution in [0.5, 0.6) is 0 Å². The quantitative estimate of drug-likeness (QED) is 0.828. The van der Waals surface area contributed by atoms with E-state index >= 15 is 0 Å². The molecule has 0 aliphatic carbocycles. The van der Waals surface area contributed by atoms with Gasteiger partial charge in [0.25, 0.3) is 0 Å². The van der Waals surface area contributed by atoms with Gasteiger partial charge in [-0.05, 0) is 37.1 Å². The highest BCUT2D eigenvalue weighted by Crippen LogP contribution is 2.32. The Kier molecular flexibility index (Phi) is 5.09. The van der Waals surface area contributed by atoms with E-state index in [-0.39, 0.29) is 24.3 Å². The zero-order chi connectivity index (χ0) is 18.0. The smallest absolute Gasteiger partial charge is 0.229 e. The maximum atomic E-state index is 12.8. The van der Waals surface area contributed by atoms with E-state index in [0.29, 0.717) is 17.3 Å². The Morgan fingerprint density at radius 3 is 2.56 bits per heavy atom. The molecule has 130 valence electrons. The molecule has 1 atom stereocenters. The first-order chi connectivity index (χ1) is 12.0. The van der Waals surface area contributed by atoms with Gasteiger partial charge < -0.3 is 9.80 Å². The number of amides is 2. The van der Waals surface area contributed by atoms with Crippen LogP contribution in [0.3, 0.4) is 0 Å². The van der Waals surface area contributed by atoms with Crippen LogP contribution in [0.15, 0.2) is 48.5 Å². The number of halogens is 1. The molecule has 2 aromatic rings. The van der Waals surface area contributed by atoms with Gasteiger partial charge in [0.05, 0.1) is 10.7 Å². The molecule has 4 nitrogen and oxygen atoms in total. The van der Waals surface area contributed by atoms with Gasteiger partial charge in [0, 0.05) is 31.6 Å². The van der Waals surface area contributed by atoms with Crippen molar-refractivity contribution in [2.45, 2.75) is 32.7 Å². The number of nitrogens with zero attached hydrogens (tertiary/aromatic N) is 2. The molecule has 0 spiro atoms. The maximum Gasteiger partial charge on any atom is 0.229 e. The van der Waals surface area contributed by atoms with E-state index in [0.717, 1.165) is 12.1 Å². The van der Waals surface area contributed by atoms with Crippen LogP contribution in [0.25, 0.3) is 0 Å². The van der Waals surface area contributed by atoms with Crippen molar-refractivity contribution in [1.29, 1.82) is 0 Å². The fourth-order valence-electron chi connectivity index (χ4n) is 3.39. The van der Waals surface area contributed by atoms with E-state index in [2.05, 4.69) is 13.0 Å². The normalized spacial score (nSPS) is 15.8. The highest BCUT2D eigenvalue weighted by molar-refractivity contribution is 6.33. The van der Waals surface area contributed by atoms with E-state index in [4.69, 9.17) is 11.6 Å². The molecular formula is C20H21ClN2O2. The topological polar surface area (TPSA) is 40.6 Å². The summed E-state index contributed by atoms with van der Waals surface area (Å²) in [5.74, 6) is -0.105. The number of hydrogen-bond acceptors (Lipinski definition) is 2. The zero-order valence-corrected chi connectivity index (χ0v) is 15.2. The van der Waals surface area contributed by atoms with Gasteiger partial charge in [-0.2, -0.15) is 0 Å². The van der Waals surface area contributed by atoms with E-state index in [9.17, 15) is 9.59 Å². The minimum Gasteiger partial charge on any atom is -0.311 e. The first-order valence-electron chi connectivity index (χ1n) is 8.41. The van der Waals surface area contributed by atoms with Crippen molar-refractivity contribution < 1.29 is 9.59 Å². The third-order valence-corrected chi connectivity index (χ3v) is 4.87. The number of para-hydroxylation sites is 2. The number of anilines is 2.